The molecule has 0 aliphatic carbocycles. The fourth-order valence-electron chi connectivity index (χ4n) is 3.47. The number of para-hydroxylation sites is 1. The van der Waals surface area contributed by atoms with Crippen molar-refractivity contribution in [3.05, 3.63) is 77.3 Å². The van der Waals surface area contributed by atoms with E-state index in [9.17, 15) is 0 Å². The molecule has 5 aromatic rings. The third kappa shape index (κ3) is 1.53. The molecule has 5 rings (SSSR count). The maximum Gasteiger partial charge on any atom is 0.0547 e. The maximum atomic E-state index is 3.61. The Morgan fingerprint density at radius 3 is 2.27 bits per heavy atom. The van der Waals surface area contributed by atoms with Gasteiger partial charge in [0.05, 0.1) is 16.6 Å². The third-order valence-electron chi connectivity index (χ3n) is 4.40. The Hall–Kier alpha value is -2.32. The predicted molar refractivity (Wildman–Crippen MR) is 97.6 cm³/mol. The Labute approximate surface area is 135 Å². The molecular formula is C20H12BrN. The van der Waals surface area contributed by atoms with E-state index in [4.69, 9.17) is 0 Å². The molecule has 0 spiro atoms. The van der Waals surface area contributed by atoms with Gasteiger partial charge in [-0.2, -0.15) is 0 Å². The van der Waals surface area contributed by atoms with Crippen LogP contribution < -0.4 is 0 Å². The second kappa shape index (κ2) is 4.34. The van der Waals surface area contributed by atoms with Gasteiger partial charge < -0.3 is 4.40 Å². The molecule has 0 saturated carbocycles. The van der Waals surface area contributed by atoms with Gasteiger partial charge in [-0.15, -0.1) is 0 Å². The van der Waals surface area contributed by atoms with Crippen molar-refractivity contribution in [3.8, 4) is 0 Å². The SMILES string of the molecule is Brc1ccc2c(c1)c1ccccc1c1cc3ccccc3n21. The van der Waals surface area contributed by atoms with Crippen LogP contribution in [-0.4, -0.2) is 4.40 Å². The smallest absolute Gasteiger partial charge is 0.0547 e. The van der Waals surface area contributed by atoms with Crippen molar-refractivity contribution in [3.63, 3.8) is 0 Å². The predicted octanol–water partition coefficient (Wildman–Crippen LogP) is 6.16. The lowest BCUT2D eigenvalue weighted by Gasteiger charge is -2.10. The van der Waals surface area contributed by atoms with Crippen LogP contribution in [0.2, 0.25) is 0 Å². The van der Waals surface area contributed by atoms with Crippen molar-refractivity contribution in [2.75, 3.05) is 0 Å². The Morgan fingerprint density at radius 1 is 0.591 bits per heavy atom. The molecule has 104 valence electrons. The van der Waals surface area contributed by atoms with Gasteiger partial charge in [0, 0.05) is 20.6 Å². The number of benzene rings is 3. The Bertz CT molecular complexity index is 1180. The molecule has 0 radical (unpaired) electrons. The molecule has 0 aliphatic rings. The quantitative estimate of drug-likeness (QED) is 0.296. The number of fused-ring (bicyclic) bond motifs is 8. The van der Waals surface area contributed by atoms with Gasteiger partial charge in [0.25, 0.3) is 0 Å². The number of aromatic nitrogens is 1. The summed E-state index contributed by atoms with van der Waals surface area (Å²) in [6.07, 6.45) is 0. The van der Waals surface area contributed by atoms with Crippen molar-refractivity contribution >= 4 is 54.0 Å². The lowest BCUT2D eigenvalue weighted by Crippen LogP contribution is -1.90. The minimum absolute atomic E-state index is 1.11. The van der Waals surface area contributed by atoms with Gasteiger partial charge in [0.1, 0.15) is 0 Å². The van der Waals surface area contributed by atoms with E-state index in [0.29, 0.717) is 0 Å². The van der Waals surface area contributed by atoms with Crippen LogP contribution in [0.3, 0.4) is 0 Å². The first-order chi connectivity index (χ1) is 10.8. The Balaban J connectivity index is 2.23. The lowest BCUT2D eigenvalue weighted by atomic mass is 10.1. The second-order valence-corrected chi connectivity index (χ2v) is 6.55. The van der Waals surface area contributed by atoms with Crippen molar-refractivity contribution in [1.29, 1.82) is 0 Å². The molecule has 2 aromatic heterocycles. The van der Waals surface area contributed by atoms with Crippen LogP contribution in [0, 0.1) is 0 Å². The highest BCUT2D eigenvalue weighted by molar-refractivity contribution is 9.10. The van der Waals surface area contributed by atoms with Crippen molar-refractivity contribution in [2.45, 2.75) is 0 Å². The largest absolute Gasteiger partial charge is 0.309 e. The van der Waals surface area contributed by atoms with Gasteiger partial charge in [0.15, 0.2) is 0 Å². The summed E-state index contributed by atoms with van der Waals surface area (Å²) in [5.74, 6) is 0. The third-order valence-corrected chi connectivity index (χ3v) is 4.90. The number of hydrogen-bond donors (Lipinski definition) is 0. The summed E-state index contributed by atoms with van der Waals surface area (Å²) in [7, 11) is 0. The van der Waals surface area contributed by atoms with Gasteiger partial charge in [-0.1, -0.05) is 58.4 Å². The Morgan fingerprint density at radius 2 is 1.36 bits per heavy atom. The van der Waals surface area contributed by atoms with Gasteiger partial charge in [-0.05, 0) is 35.7 Å². The fourth-order valence-corrected chi connectivity index (χ4v) is 3.83. The molecule has 0 bridgehead atoms. The molecule has 0 aliphatic heterocycles. The maximum absolute atomic E-state index is 3.61. The molecule has 0 atom stereocenters. The Kier molecular flexibility index (Phi) is 2.42. The van der Waals surface area contributed by atoms with Gasteiger partial charge in [-0.25, -0.2) is 0 Å². The van der Waals surface area contributed by atoms with Gasteiger partial charge >= 0.3 is 0 Å². The molecular weight excluding hydrogens is 334 g/mol. The molecule has 22 heavy (non-hydrogen) atoms. The summed E-state index contributed by atoms with van der Waals surface area (Å²) in [5.41, 5.74) is 3.78. The number of halogens is 1. The molecule has 2 heterocycles. The lowest BCUT2D eigenvalue weighted by molar-refractivity contribution is 1.34. The molecule has 0 amide bonds. The summed E-state index contributed by atoms with van der Waals surface area (Å²) >= 11 is 3.61. The first kappa shape index (κ1) is 12.2. The van der Waals surface area contributed by atoms with E-state index in [-0.39, 0.29) is 0 Å². The van der Waals surface area contributed by atoms with Crippen LogP contribution in [0.15, 0.2) is 77.3 Å². The average molecular weight is 346 g/mol. The number of hydrogen-bond acceptors (Lipinski definition) is 0. The molecule has 0 N–H and O–H groups in total. The molecule has 0 saturated heterocycles. The van der Waals surface area contributed by atoms with Crippen molar-refractivity contribution in [1.82, 2.24) is 4.40 Å². The highest BCUT2D eigenvalue weighted by Gasteiger charge is 2.11. The fraction of sp³-hybridized carbons (Fsp3) is 0. The highest BCUT2D eigenvalue weighted by atomic mass is 79.9. The van der Waals surface area contributed by atoms with E-state index in [1.807, 2.05) is 0 Å². The van der Waals surface area contributed by atoms with E-state index >= 15 is 0 Å². The molecule has 3 aromatic carbocycles. The average Bonchev–Trinajstić information content (AvgIpc) is 2.95. The minimum Gasteiger partial charge on any atom is -0.309 e. The van der Waals surface area contributed by atoms with Crippen LogP contribution in [0.4, 0.5) is 0 Å². The monoisotopic (exact) mass is 345 g/mol. The number of rotatable bonds is 0. The van der Waals surface area contributed by atoms with Crippen LogP contribution in [-0.2, 0) is 0 Å². The topological polar surface area (TPSA) is 4.41 Å². The van der Waals surface area contributed by atoms with Crippen LogP contribution in [0.25, 0.3) is 38.1 Å². The van der Waals surface area contributed by atoms with E-state index in [2.05, 4.69) is 93.1 Å². The summed E-state index contributed by atoms with van der Waals surface area (Å²) in [4.78, 5) is 0. The molecule has 2 heteroatoms. The van der Waals surface area contributed by atoms with Crippen molar-refractivity contribution < 1.29 is 0 Å². The van der Waals surface area contributed by atoms with Crippen molar-refractivity contribution in [2.24, 2.45) is 0 Å². The van der Waals surface area contributed by atoms with E-state index in [0.717, 1.165) is 4.47 Å². The zero-order chi connectivity index (χ0) is 14.7. The summed E-state index contributed by atoms with van der Waals surface area (Å²) in [5, 5.41) is 5.15. The van der Waals surface area contributed by atoms with Gasteiger partial charge in [0.2, 0.25) is 0 Å². The zero-order valence-corrected chi connectivity index (χ0v) is 13.3. The van der Waals surface area contributed by atoms with Crippen LogP contribution >= 0.6 is 15.9 Å². The highest BCUT2D eigenvalue weighted by Crippen LogP contribution is 2.34. The summed E-state index contributed by atoms with van der Waals surface area (Å²) in [6, 6.07) is 26.1. The molecule has 0 unspecified atom stereocenters. The second-order valence-electron chi connectivity index (χ2n) is 5.63. The summed E-state index contributed by atoms with van der Waals surface area (Å²) in [6.45, 7) is 0. The summed E-state index contributed by atoms with van der Waals surface area (Å²) < 4.78 is 3.49. The number of pyridine rings is 1. The first-order valence-corrected chi connectivity index (χ1v) is 8.12. The first-order valence-electron chi connectivity index (χ1n) is 7.33. The zero-order valence-electron chi connectivity index (χ0n) is 11.8. The normalized spacial score (nSPS) is 11.9. The molecule has 1 nitrogen and oxygen atoms in total. The van der Waals surface area contributed by atoms with Crippen LogP contribution in [0.1, 0.15) is 0 Å². The van der Waals surface area contributed by atoms with Crippen LogP contribution in [0.5, 0.6) is 0 Å². The standard InChI is InChI=1S/C20H12BrN/c21-14-9-10-19-17(12-14)15-6-2-3-7-16(15)20-11-13-5-1-4-8-18(13)22(19)20/h1-12H. The van der Waals surface area contributed by atoms with Gasteiger partial charge in [-0.3, -0.25) is 0 Å². The number of nitrogens with zero attached hydrogens (tertiary/aromatic N) is 1. The van der Waals surface area contributed by atoms with E-state index < -0.39 is 0 Å². The van der Waals surface area contributed by atoms with E-state index in [1.165, 1.54) is 38.1 Å². The molecule has 0 fully saturated rings. The van der Waals surface area contributed by atoms with E-state index in [1.54, 1.807) is 0 Å². The minimum atomic E-state index is 1.11.